The molecule has 10 aromatic rings. The van der Waals surface area contributed by atoms with E-state index in [9.17, 15) is 0 Å². The van der Waals surface area contributed by atoms with Crippen molar-refractivity contribution < 1.29 is 0 Å². The molecule has 0 fully saturated rings. The van der Waals surface area contributed by atoms with Gasteiger partial charge in [0.05, 0.1) is 27.8 Å². The van der Waals surface area contributed by atoms with Crippen molar-refractivity contribution in [2.24, 2.45) is 0 Å². The molecule has 0 spiro atoms. The zero-order valence-electron chi connectivity index (χ0n) is 26.7. The summed E-state index contributed by atoms with van der Waals surface area (Å²) < 4.78 is 7.70. The first-order valence-corrected chi connectivity index (χ1v) is 17.5. The normalized spacial score (nSPS) is 13.8. The van der Waals surface area contributed by atoms with Crippen molar-refractivity contribution in [3.05, 3.63) is 157 Å². The summed E-state index contributed by atoms with van der Waals surface area (Å²) in [4.78, 5) is 0. The number of thiophene rings is 1. The summed E-state index contributed by atoms with van der Waals surface area (Å²) in [6.07, 6.45) is 0. The second-order valence-corrected chi connectivity index (χ2v) is 14.8. The van der Waals surface area contributed by atoms with E-state index in [4.69, 9.17) is 0 Å². The van der Waals surface area contributed by atoms with E-state index in [1.807, 2.05) is 11.3 Å². The maximum absolute atomic E-state index is 2.52. The van der Waals surface area contributed by atoms with E-state index in [0.29, 0.717) is 0 Å². The second kappa shape index (κ2) is 9.25. The summed E-state index contributed by atoms with van der Waals surface area (Å²) in [6, 6.07) is 54.1. The average Bonchev–Trinajstić information content (AvgIpc) is 3.83. The number of rotatable bonds is 2. The van der Waals surface area contributed by atoms with Crippen LogP contribution in [-0.4, -0.2) is 9.13 Å². The van der Waals surface area contributed by atoms with Gasteiger partial charge in [0.25, 0.3) is 0 Å². The number of hydrogen-bond donors (Lipinski definition) is 0. The maximum atomic E-state index is 2.52. The molecule has 11 rings (SSSR count). The van der Waals surface area contributed by atoms with Crippen LogP contribution in [0.3, 0.4) is 0 Å². The molecule has 1 aliphatic carbocycles. The largest absolute Gasteiger partial charge is 0.309 e. The molecular formula is C45H30N2S. The molecule has 0 unspecified atom stereocenters. The van der Waals surface area contributed by atoms with Crippen molar-refractivity contribution in [2.75, 3.05) is 0 Å². The lowest BCUT2D eigenvalue weighted by Gasteiger charge is -2.21. The monoisotopic (exact) mass is 630 g/mol. The highest BCUT2D eigenvalue weighted by molar-refractivity contribution is 7.26. The number of fused-ring (bicyclic) bond motifs is 13. The van der Waals surface area contributed by atoms with Crippen LogP contribution in [-0.2, 0) is 5.41 Å². The van der Waals surface area contributed by atoms with Crippen molar-refractivity contribution in [3.63, 3.8) is 0 Å². The highest BCUT2D eigenvalue weighted by Crippen LogP contribution is 2.52. The Hall–Kier alpha value is -5.64. The fourth-order valence-electron chi connectivity index (χ4n) is 8.78. The summed E-state index contributed by atoms with van der Waals surface area (Å²) in [6.45, 7) is 4.74. The van der Waals surface area contributed by atoms with Gasteiger partial charge >= 0.3 is 0 Å². The molecule has 0 radical (unpaired) electrons. The van der Waals surface area contributed by atoms with Gasteiger partial charge in [0.2, 0.25) is 0 Å². The SMILES string of the molecule is CC1(C)c2ccccc2-c2cc3c4c(-n5c6ccccc6c6c7sc8ccccc8c7ccc65)cccc4n(-c4ccccc4)c3cc21. The number of hydrogen-bond acceptors (Lipinski definition) is 1. The molecule has 3 aromatic heterocycles. The van der Waals surface area contributed by atoms with Crippen LogP contribution in [0.5, 0.6) is 0 Å². The Morgan fingerprint density at radius 3 is 2.08 bits per heavy atom. The van der Waals surface area contributed by atoms with Crippen LogP contribution < -0.4 is 0 Å². The third kappa shape index (κ3) is 3.27. The number of benzene rings is 7. The van der Waals surface area contributed by atoms with Gasteiger partial charge in [-0.25, -0.2) is 0 Å². The third-order valence-electron chi connectivity index (χ3n) is 10.9. The molecule has 3 heterocycles. The van der Waals surface area contributed by atoms with Gasteiger partial charge in [-0.2, -0.15) is 0 Å². The van der Waals surface area contributed by atoms with E-state index >= 15 is 0 Å². The molecule has 0 N–H and O–H groups in total. The number of nitrogens with zero attached hydrogens (tertiary/aromatic N) is 2. The molecule has 0 atom stereocenters. The minimum Gasteiger partial charge on any atom is -0.309 e. The Kier molecular flexibility index (Phi) is 5.09. The van der Waals surface area contributed by atoms with Crippen molar-refractivity contribution >= 4 is 75.1 Å². The van der Waals surface area contributed by atoms with Crippen molar-refractivity contribution in [1.82, 2.24) is 9.13 Å². The van der Waals surface area contributed by atoms with Gasteiger partial charge in [-0.05, 0) is 76.9 Å². The molecule has 0 aliphatic heterocycles. The Bertz CT molecular complexity index is 2970. The van der Waals surface area contributed by atoms with Crippen LogP contribution in [0.15, 0.2) is 146 Å². The van der Waals surface area contributed by atoms with Crippen LogP contribution in [0.2, 0.25) is 0 Å². The highest BCUT2D eigenvalue weighted by atomic mass is 32.1. The van der Waals surface area contributed by atoms with E-state index in [0.717, 1.165) is 0 Å². The molecule has 0 amide bonds. The van der Waals surface area contributed by atoms with Gasteiger partial charge in [-0.15, -0.1) is 11.3 Å². The van der Waals surface area contributed by atoms with Crippen molar-refractivity contribution in [1.29, 1.82) is 0 Å². The minimum absolute atomic E-state index is 0.0800. The standard InChI is InChI=1S/C45H30N2S/c1-45(2)34-18-9-6-15-28(34)32-25-33-40(26-35(32)45)46(27-13-4-3-5-14-27)37-20-12-21-38(42(33)37)47-36-19-10-7-17-31(36)43-39(47)24-23-30-29-16-8-11-22-41(29)48-44(30)43/h3-26H,1-2H3. The lowest BCUT2D eigenvalue weighted by atomic mass is 9.82. The predicted molar refractivity (Wildman–Crippen MR) is 206 cm³/mol. The molecular weight excluding hydrogens is 601 g/mol. The van der Waals surface area contributed by atoms with Crippen LogP contribution >= 0.6 is 11.3 Å². The zero-order chi connectivity index (χ0) is 31.7. The quantitative estimate of drug-likeness (QED) is 0.180. The molecule has 226 valence electrons. The predicted octanol–water partition coefficient (Wildman–Crippen LogP) is 12.6. The lowest BCUT2D eigenvalue weighted by Crippen LogP contribution is -2.14. The Balaban J connectivity index is 1.32. The van der Waals surface area contributed by atoms with Crippen molar-refractivity contribution in [3.8, 4) is 22.5 Å². The minimum atomic E-state index is -0.0800. The molecule has 2 nitrogen and oxygen atoms in total. The van der Waals surface area contributed by atoms with Gasteiger partial charge in [0.1, 0.15) is 0 Å². The first kappa shape index (κ1) is 26.4. The topological polar surface area (TPSA) is 9.86 Å². The van der Waals surface area contributed by atoms with Gasteiger partial charge in [-0.3, -0.25) is 0 Å². The first-order valence-electron chi connectivity index (χ1n) is 16.7. The molecule has 0 saturated carbocycles. The molecule has 1 aliphatic rings. The van der Waals surface area contributed by atoms with E-state index < -0.39 is 0 Å². The molecule has 0 bridgehead atoms. The fourth-order valence-corrected chi connectivity index (χ4v) is 10.0. The summed E-state index contributed by atoms with van der Waals surface area (Å²) in [7, 11) is 0. The van der Waals surface area contributed by atoms with E-state index in [1.165, 1.54) is 97.4 Å². The van der Waals surface area contributed by atoms with Crippen LogP contribution in [0.1, 0.15) is 25.0 Å². The summed E-state index contributed by atoms with van der Waals surface area (Å²) in [5.74, 6) is 0. The first-order chi connectivity index (χ1) is 23.6. The Morgan fingerprint density at radius 1 is 0.458 bits per heavy atom. The maximum Gasteiger partial charge on any atom is 0.0562 e. The smallest absolute Gasteiger partial charge is 0.0562 e. The van der Waals surface area contributed by atoms with Crippen molar-refractivity contribution in [2.45, 2.75) is 19.3 Å². The van der Waals surface area contributed by atoms with E-state index in [-0.39, 0.29) is 5.41 Å². The zero-order valence-corrected chi connectivity index (χ0v) is 27.5. The van der Waals surface area contributed by atoms with Crippen LogP contribution in [0.25, 0.3) is 86.3 Å². The van der Waals surface area contributed by atoms with Crippen LogP contribution in [0, 0.1) is 0 Å². The fraction of sp³-hybridized carbons (Fsp3) is 0.0667. The molecule has 0 saturated heterocycles. The molecule has 48 heavy (non-hydrogen) atoms. The molecule has 7 aromatic carbocycles. The Morgan fingerprint density at radius 2 is 1.19 bits per heavy atom. The highest BCUT2D eigenvalue weighted by Gasteiger charge is 2.36. The second-order valence-electron chi connectivity index (χ2n) is 13.7. The average molecular weight is 631 g/mol. The summed E-state index contributed by atoms with van der Waals surface area (Å²) in [5, 5.41) is 7.86. The van der Waals surface area contributed by atoms with E-state index in [2.05, 4.69) is 169 Å². The van der Waals surface area contributed by atoms with Gasteiger partial charge in [0.15, 0.2) is 0 Å². The number of aromatic nitrogens is 2. The van der Waals surface area contributed by atoms with E-state index in [1.54, 1.807) is 0 Å². The Labute approximate surface area is 281 Å². The van der Waals surface area contributed by atoms with Crippen LogP contribution in [0.4, 0.5) is 0 Å². The summed E-state index contributed by atoms with van der Waals surface area (Å²) in [5.41, 5.74) is 12.7. The third-order valence-corrected chi connectivity index (χ3v) is 12.1. The van der Waals surface area contributed by atoms with Gasteiger partial charge in [-0.1, -0.05) is 105 Å². The molecule has 3 heteroatoms. The van der Waals surface area contributed by atoms with Gasteiger partial charge < -0.3 is 9.13 Å². The summed E-state index contributed by atoms with van der Waals surface area (Å²) >= 11 is 1.91. The number of para-hydroxylation sites is 2. The lowest BCUT2D eigenvalue weighted by molar-refractivity contribution is 0.661. The van der Waals surface area contributed by atoms with Gasteiger partial charge in [0, 0.05) is 52.8 Å².